The molecule has 144 valence electrons. The minimum absolute atomic E-state index is 0.124. The van der Waals surface area contributed by atoms with Crippen LogP contribution in [0, 0.1) is 6.92 Å². The zero-order valence-electron chi connectivity index (χ0n) is 15.5. The molecule has 0 aromatic heterocycles. The van der Waals surface area contributed by atoms with Crippen LogP contribution in [0.2, 0.25) is 0 Å². The molecule has 0 atom stereocenters. The number of sulfonamides is 1. The van der Waals surface area contributed by atoms with E-state index in [2.05, 4.69) is 11.9 Å². The van der Waals surface area contributed by atoms with Crippen molar-refractivity contribution in [2.75, 3.05) is 24.0 Å². The van der Waals surface area contributed by atoms with Gasteiger partial charge in [0.2, 0.25) is 5.91 Å². The average Bonchev–Trinajstić information content (AvgIpc) is 2.66. The number of hydrogen-bond donors (Lipinski definition) is 1. The molecule has 0 bridgehead atoms. The lowest BCUT2D eigenvalue weighted by Gasteiger charge is -2.24. The Balaban J connectivity index is 2.40. The van der Waals surface area contributed by atoms with Crippen molar-refractivity contribution in [1.82, 2.24) is 5.32 Å². The molecule has 27 heavy (non-hydrogen) atoms. The number of carbonyl (C=O) groups is 1. The summed E-state index contributed by atoms with van der Waals surface area (Å²) in [5.41, 5.74) is 1.33. The Hall–Kier alpha value is -2.80. The molecule has 0 radical (unpaired) electrons. The van der Waals surface area contributed by atoms with Crippen LogP contribution in [0.3, 0.4) is 0 Å². The summed E-state index contributed by atoms with van der Waals surface area (Å²) in [6.07, 6.45) is 1.54. The summed E-state index contributed by atoms with van der Waals surface area (Å²) in [4.78, 5) is 12.3. The van der Waals surface area contributed by atoms with Crippen molar-refractivity contribution in [3.8, 4) is 5.75 Å². The summed E-state index contributed by atoms with van der Waals surface area (Å²) < 4.78 is 32.8. The van der Waals surface area contributed by atoms with Gasteiger partial charge in [0.05, 0.1) is 17.2 Å². The van der Waals surface area contributed by atoms with Crippen LogP contribution in [0.4, 0.5) is 5.69 Å². The van der Waals surface area contributed by atoms with Crippen LogP contribution >= 0.6 is 0 Å². The average molecular weight is 388 g/mol. The van der Waals surface area contributed by atoms with Crippen molar-refractivity contribution in [2.45, 2.75) is 18.7 Å². The number of amides is 1. The van der Waals surface area contributed by atoms with Crippen molar-refractivity contribution in [3.63, 3.8) is 0 Å². The van der Waals surface area contributed by atoms with Gasteiger partial charge >= 0.3 is 0 Å². The summed E-state index contributed by atoms with van der Waals surface area (Å²) >= 11 is 0. The maximum Gasteiger partial charge on any atom is 0.264 e. The largest absolute Gasteiger partial charge is 0.494 e. The zero-order chi connectivity index (χ0) is 19.9. The van der Waals surface area contributed by atoms with Gasteiger partial charge in [-0.2, -0.15) is 0 Å². The molecule has 0 aliphatic carbocycles. The van der Waals surface area contributed by atoms with Crippen molar-refractivity contribution in [1.29, 1.82) is 0 Å². The molecule has 2 rings (SSSR count). The zero-order valence-corrected chi connectivity index (χ0v) is 16.3. The Morgan fingerprint density at radius 3 is 2.33 bits per heavy atom. The van der Waals surface area contributed by atoms with Crippen LogP contribution < -0.4 is 14.4 Å². The topological polar surface area (TPSA) is 75.7 Å². The van der Waals surface area contributed by atoms with Gasteiger partial charge in [0.1, 0.15) is 12.3 Å². The molecule has 2 aromatic carbocycles. The van der Waals surface area contributed by atoms with E-state index in [1.54, 1.807) is 36.4 Å². The Morgan fingerprint density at radius 1 is 1.15 bits per heavy atom. The fourth-order valence-corrected chi connectivity index (χ4v) is 3.82. The monoisotopic (exact) mass is 388 g/mol. The highest BCUT2D eigenvalue weighted by Gasteiger charge is 2.27. The van der Waals surface area contributed by atoms with E-state index in [4.69, 9.17) is 4.74 Å². The number of nitrogens with one attached hydrogen (secondary N) is 1. The van der Waals surface area contributed by atoms with E-state index < -0.39 is 15.9 Å². The van der Waals surface area contributed by atoms with Gasteiger partial charge in [0.25, 0.3) is 10.0 Å². The van der Waals surface area contributed by atoms with E-state index in [-0.39, 0.29) is 18.0 Å². The first-order valence-corrected chi connectivity index (χ1v) is 10.0. The van der Waals surface area contributed by atoms with Gasteiger partial charge in [-0.3, -0.25) is 9.10 Å². The van der Waals surface area contributed by atoms with Crippen molar-refractivity contribution >= 4 is 21.6 Å². The predicted octanol–water partition coefficient (Wildman–Crippen LogP) is 2.89. The van der Waals surface area contributed by atoms with Gasteiger partial charge in [0.15, 0.2) is 0 Å². The van der Waals surface area contributed by atoms with Crippen molar-refractivity contribution in [2.24, 2.45) is 0 Å². The van der Waals surface area contributed by atoms with E-state index in [0.717, 1.165) is 9.87 Å². The molecule has 0 aliphatic heterocycles. The standard InChI is InChI=1S/C20H24N2O4S/c1-4-14-21-20(23)15-22(17-8-10-18(11-9-17)26-5-2)27(24,25)19-12-6-16(3)7-13-19/h4,6-13H,1,5,14-15H2,2-3H3,(H,21,23). The van der Waals surface area contributed by atoms with Gasteiger partial charge in [-0.05, 0) is 50.2 Å². The summed E-state index contributed by atoms with van der Waals surface area (Å²) in [6.45, 7) is 7.72. The number of rotatable bonds is 9. The van der Waals surface area contributed by atoms with Crippen molar-refractivity contribution in [3.05, 3.63) is 66.7 Å². The number of carbonyl (C=O) groups excluding carboxylic acids is 1. The first-order valence-electron chi connectivity index (χ1n) is 8.58. The van der Waals surface area contributed by atoms with Crippen LogP contribution in [-0.2, 0) is 14.8 Å². The molecule has 0 unspecified atom stereocenters. The highest BCUT2D eigenvalue weighted by atomic mass is 32.2. The third kappa shape index (κ3) is 5.34. The van der Waals surface area contributed by atoms with Crippen molar-refractivity contribution < 1.29 is 17.9 Å². The second-order valence-corrected chi connectivity index (χ2v) is 7.71. The third-order valence-corrected chi connectivity index (χ3v) is 5.56. The Kier molecular flexibility index (Phi) is 7.01. The fourth-order valence-electron chi connectivity index (χ4n) is 2.40. The van der Waals surface area contributed by atoms with E-state index in [1.807, 2.05) is 13.8 Å². The number of nitrogens with zero attached hydrogens (tertiary/aromatic N) is 1. The molecule has 1 N–H and O–H groups in total. The maximum absolute atomic E-state index is 13.2. The lowest BCUT2D eigenvalue weighted by molar-refractivity contribution is -0.119. The SMILES string of the molecule is C=CCNC(=O)CN(c1ccc(OCC)cc1)S(=O)(=O)c1ccc(C)cc1. The predicted molar refractivity (Wildman–Crippen MR) is 107 cm³/mol. The minimum atomic E-state index is -3.91. The molecule has 0 aliphatic rings. The van der Waals surface area contributed by atoms with Crippen LogP contribution in [0.15, 0.2) is 66.1 Å². The number of aryl methyl sites for hydroxylation is 1. The van der Waals surface area contributed by atoms with Gasteiger partial charge in [-0.15, -0.1) is 6.58 Å². The second-order valence-electron chi connectivity index (χ2n) is 5.84. The van der Waals surface area contributed by atoms with Crippen LogP contribution in [-0.4, -0.2) is 34.0 Å². The van der Waals surface area contributed by atoms with Gasteiger partial charge in [0, 0.05) is 6.54 Å². The summed E-state index contributed by atoms with van der Waals surface area (Å²) in [7, 11) is -3.91. The van der Waals surface area contributed by atoms with Gasteiger partial charge in [-0.25, -0.2) is 8.42 Å². The summed E-state index contributed by atoms with van der Waals surface area (Å²) in [5.74, 6) is 0.213. The molecule has 0 saturated carbocycles. The Labute approximate surface area is 160 Å². The molecular formula is C20H24N2O4S. The van der Waals surface area contributed by atoms with Crippen LogP contribution in [0.25, 0.3) is 0 Å². The lowest BCUT2D eigenvalue weighted by Crippen LogP contribution is -2.40. The minimum Gasteiger partial charge on any atom is -0.494 e. The van der Waals surface area contributed by atoms with Gasteiger partial charge < -0.3 is 10.1 Å². The highest BCUT2D eigenvalue weighted by molar-refractivity contribution is 7.92. The molecule has 1 amide bonds. The molecular weight excluding hydrogens is 364 g/mol. The molecule has 0 saturated heterocycles. The first-order chi connectivity index (χ1) is 12.9. The van der Waals surface area contributed by atoms with Crippen LogP contribution in [0.5, 0.6) is 5.75 Å². The maximum atomic E-state index is 13.2. The number of benzene rings is 2. The second kappa shape index (κ2) is 9.23. The molecule has 0 fully saturated rings. The molecule has 6 nitrogen and oxygen atoms in total. The molecule has 0 heterocycles. The lowest BCUT2D eigenvalue weighted by atomic mass is 10.2. The van der Waals surface area contributed by atoms with E-state index in [1.165, 1.54) is 18.2 Å². The molecule has 0 spiro atoms. The number of ether oxygens (including phenoxy) is 1. The van der Waals surface area contributed by atoms with Crippen LogP contribution in [0.1, 0.15) is 12.5 Å². The normalized spacial score (nSPS) is 10.9. The number of hydrogen-bond acceptors (Lipinski definition) is 4. The quantitative estimate of drug-likeness (QED) is 0.670. The van der Waals surface area contributed by atoms with E-state index in [0.29, 0.717) is 18.0 Å². The third-order valence-electron chi connectivity index (χ3n) is 3.78. The Bertz CT molecular complexity index is 875. The number of anilines is 1. The smallest absolute Gasteiger partial charge is 0.264 e. The Morgan fingerprint density at radius 2 is 1.78 bits per heavy atom. The molecule has 2 aromatic rings. The summed E-state index contributed by atoms with van der Waals surface area (Å²) in [5, 5.41) is 2.61. The summed E-state index contributed by atoms with van der Waals surface area (Å²) in [6, 6.07) is 13.1. The highest BCUT2D eigenvalue weighted by Crippen LogP contribution is 2.26. The molecule has 7 heteroatoms. The van der Waals surface area contributed by atoms with E-state index >= 15 is 0 Å². The van der Waals surface area contributed by atoms with Gasteiger partial charge in [-0.1, -0.05) is 23.8 Å². The first kappa shape index (κ1) is 20.5. The fraction of sp³-hybridized carbons (Fsp3) is 0.250. The van der Waals surface area contributed by atoms with E-state index in [9.17, 15) is 13.2 Å².